The molecule has 0 aliphatic carbocycles. The zero-order chi connectivity index (χ0) is 22.1. The minimum absolute atomic E-state index is 0.194. The number of nitrogens with zero attached hydrogens (tertiary/aromatic N) is 2. The van der Waals surface area contributed by atoms with Crippen LogP contribution in [0.2, 0.25) is 0 Å². The second-order valence-electron chi connectivity index (χ2n) is 6.65. The Morgan fingerprint density at radius 3 is 2.45 bits per heavy atom. The second-order valence-corrected chi connectivity index (χ2v) is 8.30. The van der Waals surface area contributed by atoms with Gasteiger partial charge in [-0.2, -0.15) is 4.98 Å². The number of aromatic nitrogens is 2. The molecule has 0 fully saturated rings. The summed E-state index contributed by atoms with van der Waals surface area (Å²) in [7, 11) is -1.91. The predicted octanol–water partition coefficient (Wildman–Crippen LogP) is 3.54. The third-order valence-electron chi connectivity index (χ3n) is 4.17. The van der Waals surface area contributed by atoms with E-state index in [0.29, 0.717) is 18.3 Å². The van der Waals surface area contributed by atoms with Crippen LogP contribution < -0.4 is 20.1 Å². The van der Waals surface area contributed by atoms with Crippen molar-refractivity contribution >= 4 is 33.6 Å². The van der Waals surface area contributed by atoms with E-state index in [4.69, 9.17) is 4.74 Å². The van der Waals surface area contributed by atoms with Gasteiger partial charge in [0, 0.05) is 35.9 Å². The van der Waals surface area contributed by atoms with E-state index < -0.39 is 10.0 Å². The first kappa shape index (κ1) is 22.3. The molecule has 0 radical (unpaired) electrons. The Kier molecular flexibility index (Phi) is 7.58. The molecule has 9 heteroatoms. The van der Waals surface area contributed by atoms with Crippen LogP contribution in [0.1, 0.15) is 11.3 Å². The molecule has 162 valence electrons. The number of methoxy groups -OCH3 is 1. The van der Waals surface area contributed by atoms with Crippen LogP contribution in [0.25, 0.3) is 6.08 Å². The first-order valence-corrected chi connectivity index (χ1v) is 11.2. The summed E-state index contributed by atoms with van der Waals surface area (Å²) >= 11 is 0. The van der Waals surface area contributed by atoms with Gasteiger partial charge in [-0.25, -0.2) is 18.1 Å². The molecular weight excluding hydrogens is 414 g/mol. The van der Waals surface area contributed by atoms with Gasteiger partial charge in [0.1, 0.15) is 11.6 Å². The molecule has 3 N–H and O–H groups in total. The molecule has 1 heterocycles. The van der Waals surface area contributed by atoms with E-state index in [0.717, 1.165) is 28.1 Å². The lowest BCUT2D eigenvalue weighted by Gasteiger charge is -2.10. The third-order valence-corrected chi connectivity index (χ3v) is 5.27. The van der Waals surface area contributed by atoms with E-state index in [1.807, 2.05) is 67.6 Å². The number of benzene rings is 2. The van der Waals surface area contributed by atoms with Crippen LogP contribution >= 0.6 is 0 Å². The lowest BCUT2D eigenvalue weighted by molar-refractivity contribution is 0.415. The lowest BCUT2D eigenvalue weighted by Crippen LogP contribution is -2.27. The fraction of sp³-hybridized carbons (Fsp3) is 0.182. The van der Waals surface area contributed by atoms with Crippen LogP contribution in [0.15, 0.2) is 66.1 Å². The second kappa shape index (κ2) is 10.6. The van der Waals surface area contributed by atoms with Gasteiger partial charge in [0.25, 0.3) is 0 Å². The van der Waals surface area contributed by atoms with Gasteiger partial charge in [-0.1, -0.05) is 30.3 Å². The standard InChI is InChI=1S/C22H25N5O3S/c1-17-16-21(26-19-8-10-20(30-2)11-9-19)27-22(25-17)23-13-14-24-31(28,29)15-12-18-6-4-3-5-7-18/h3-12,15-16,24H,13-14H2,1-2H3,(H2,23,25,26,27)/b15-12+. The van der Waals surface area contributed by atoms with Crippen molar-refractivity contribution in [1.82, 2.24) is 14.7 Å². The van der Waals surface area contributed by atoms with Gasteiger partial charge >= 0.3 is 0 Å². The van der Waals surface area contributed by atoms with Crippen molar-refractivity contribution in [2.75, 3.05) is 30.8 Å². The van der Waals surface area contributed by atoms with Gasteiger partial charge < -0.3 is 15.4 Å². The summed E-state index contributed by atoms with van der Waals surface area (Å²) < 4.78 is 31.9. The van der Waals surface area contributed by atoms with Crippen LogP contribution in [0, 0.1) is 6.92 Å². The molecule has 0 bridgehead atoms. The van der Waals surface area contributed by atoms with Gasteiger partial charge in [-0.15, -0.1) is 0 Å². The maximum Gasteiger partial charge on any atom is 0.233 e. The molecule has 0 saturated carbocycles. The van der Waals surface area contributed by atoms with Crippen LogP contribution in [-0.4, -0.2) is 38.6 Å². The van der Waals surface area contributed by atoms with Gasteiger partial charge in [-0.05, 0) is 42.8 Å². The Hall–Kier alpha value is -3.43. The van der Waals surface area contributed by atoms with Gasteiger partial charge in [-0.3, -0.25) is 0 Å². The van der Waals surface area contributed by atoms with Crippen molar-refractivity contribution in [1.29, 1.82) is 0 Å². The van der Waals surface area contributed by atoms with Crippen molar-refractivity contribution in [3.8, 4) is 5.75 Å². The zero-order valence-corrected chi connectivity index (χ0v) is 18.2. The van der Waals surface area contributed by atoms with E-state index in [-0.39, 0.29) is 6.54 Å². The Balaban J connectivity index is 1.52. The zero-order valence-electron chi connectivity index (χ0n) is 17.4. The molecule has 2 aromatic carbocycles. The van der Waals surface area contributed by atoms with Crippen molar-refractivity contribution < 1.29 is 13.2 Å². The van der Waals surface area contributed by atoms with Crippen LogP contribution in [0.5, 0.6) is 5.75 Å². The predicted molar refractivity (Wildman–Crippen MR) is 124 cm³/mol. The molecule has 8 nitrogen and oxygen atoms in total. The average molecular weight is 440 g/mol. The molecular formula is C22H25N5O3S. The Morgan fingerprint density at radius 2 is 1.74 bits per heavy atom. The van der Waals surface area contributed by atoms with E-state index in [2.05, 4.69) is 25.3 Å². The molecule has 1 aromatic heterocycles. The van der Waals surface area contributed by atoms with Crippen LogP contribution in [0.3, 0.4) is 0 Å². The van der Waals surface area contributed by atoms with Crippen molar-refractivity contribution in [2.24, 2.45) is 0 Å². The first-order valence-electron chi connectivity index (χ1n) is 9.67. The highest BCUT2D eigenvalue weighted by Crippen LogP contribution is 2.19. The third kappa shape index (κ3) is 7.40. The van der Waals surface area contributed by atoms with Crippen LogP contribution in [0.4, 0.5) is 17.5 Å². The van der Waals surface area contributed by atoms with Gasteiger partial charge in [0.05, 0.1) is 7.11 Å². The monoisotopic (exact) mass is 439 g/mol. The summed E-state index contributed by atoms with van der Waals surface area (Å²) in [6, 6.07) is 18.6. The molecule has 0 saturated heterocycles. The minimum atomic E-state index is -3.53. The maximum absolute atomic E-state index is 12.1. The SMILES string of the molecule is COc1ccc(Nc2cc(C)nc(NCCNS(=O)(=O)/C=C/c3ccccc3)n2)cc1. The maximum atomic E-state index is 12.1. The van der Waals surface area contributed by atoms with E-state index in [9.17, 15) is 8.42 Å². The molecule has 3 rings (SSSR count). The molecule has 0 unspecified atom stereocenters. The lowest BCUT2D eigenvalue weighted by atomic mass is 10.2. The van der Waals surface area contributed by atoms with Crippen LogP contribution in [-0.2, 0) is 10.0 Å². The molecule has 0 aliphatic heterocycles. The van der Waals surface area contributed by atoms with E-state index in [1.165, 1.54) is 0 Å². The molecule has 3 aromatic rings. The Bertz CT molecular complexity index is 1120. The topological polar surface area (TPSA) is 105 Å². The molecule has 0 aliphatic rings. The minimum Gasteiger partial charge on any atom is -0.497 e. The number of anilines is 3. The van der Waals surface area contributed by atoms with Crippen molar-refractivity contribution in [2.45, 2.75) is 6.92 Å². The number of ether oxygens (including phenoxy) is 1. The smallest absolute Gasteiger partial charge is 0.233 e. The fourth-order valence-electron chi connectivity index (χ4n) is 2.68. The summed E-state index contributed by atoms with van der Waals surface area (Å²) in [4.78, 5) is 8.77. The normalized spacial score (nSPS) is 11.4. The highest BCUT2D eigenvalue weighted by atomic mass is 32.2. The number of rotatable bonds is 10. The van der Waals surface area contributed by atoms with Gasteiger partial charge in [0.15, 0.2) is 0 Å². The summed E-state index contributed by atoms with van der Waals surface area (Å²) in [6.07, 6.45) is 1.55. The highest BCUT2D eigenvalue weighted by molar-refractivity contribution is 7.92. The largest absolute Gasteiger partial charge is 0.497 e. The number of hydrogen-bond acceptors (Lipinski definition) is 7. The Labute approximate surface area is 182 Å². The number of nitrogens with one attached hydrogen (secondary N) is 3. The number of hydrogen-bond donors (Lipinski definition) is 3. The van der Waals surface area contributed by atoms with E-state index in [1.54, 1.807) is 13.2 Å². The summed E-state index contributed by atoms with van der Waals surface area (Å²) in [6.45, 7) is 2.40. The summed E-state index contributed by atoms with van der Waals surface area (Å²) in [5.74, 6) is 1.81. The first-order chi connectivity index (χ1) is 14.9. The quantitative estimate of drug-likeness (QED) is 0.415. The number of aryl methyl sites for hydroxylation is 1. The molecule has 0 atom stereocenters. The average Bonchev–Trinajstić information content (AvgIpc) is 2.76. The molecule has 0 spiro atoms. The fourth-order valence-corrected chi connectivity index (χ4v) is 3.50. The molecule has 31 heavy (non-hydrogen) atoms. The van der Waals surface area contributed by atoms with Crippen molar-refractivity contribution in [3.63, 3.8) is 0 Å². The highest BCUT2D eigenvalue weighted by Gasteiger charge is 2.06. The number of sulfonamides is 1. The van der Waals surface area contributed by atoms with Crippen molar-refractivity contribution in [3.05, 3.63) is 77.3 Å². The van der Waals surface area contributed by atoms with E-state index >= 15 is 0 Å². The molecule has 0 amide bonds. The van der Waals surface area contributed by atoms with Gasteiger partial charge in [0.2, 0.25) is 16.0 Å². The Morgan fingerprint density at radius 1 is 1.00 bits per heavy atom. The summed E-state index contributed by atoms with van der Waals surface area (Å²) in [5.41, 5.74) is 2.46. The summed E-state index contributed by atoms with van der Waals surface area (Å²) in [5, 5.41) is 7.41.